The van der Waals surface area contributed by atoms with Crippen molar-refractivity contribution >= 4 is 41.7 Å². The third-order valence-corrected chi connectivity index (χ3v) is 5.77. The van der Waals surface area contributed by atoms with Crippen LogP contribution in [0.4, 0.5) is 4.79 Å². The predicted octanol–water partition coefficient (Wildman–Crippen LogP) is 5.50. The summed E-state index contributed by atoms with van der Waals surface area (Å²) in [5.41, 5.74) is 0.102. The van der Waals surface area contributed by atoms with Crippen LogP contribution in [-0.4, -0.2) is 35.9 Å². The van der Waals surface area contributed by atoms with E-state index in [-0.39, 0.29) is 20.3 Å². The van der Waals surface area contributed by atoms with Crippen LogP contribution in [0.3, 0.4) is 0 Å². The second kappa shape index (κ2) is 7.38. The molecule has 1 heterocycles. The van der Waals surface area contributed by atoms with Gasteiger partial charge in [0.2, 0.25) is 0 Å². The molecule has 0 bridgehead atoms. The number of urea groups is 1. The summed E-state index contributed by atoms with van der Waals surface area (Å²) in [5.74, 6) is -1.50. The zero-order valence-corrected chi connectivity index (χ0v) is 19.5. The number of amides is 4. The second-order valence-electron chi connectivity index (χ2n) is 10.7. The molecule has 5 nitrogen and oxygen atoms in total. The Morgan fingerprint density at radius 3 is 1.12 bits per heavy atom. The highest BCUT2D eigenvalue weighted by Crippen LogP contribution is 2.44. The van der Waals surface area contributed by atoms with Crippen molar-refractivity contribution in [3.8, 4) is 0 Å². The average molecular weight is 403 g/mol. The van der Waals surface area contributed by atoms with E-state index in [4.69, 9.17) is 0 Å². The van der Waals surface area contributed by atoms with Crippen molar-refractivity contribution in [2.75, 3.05) is 0 Å². The molecule has 26 heavy (non-hydrogen) atoms. The molecular formula is C19H34N2O3S2. The van der Waals surface area contributed by atoms with E-state index in [0.717, 1.165) is 45.3 Å². The van der Waals surface area contributed by atoms with Crippen molar-refractivity contribution in [3.05, 3.63) is 0 Å². The van der Waals surface area contributed by atoms with Crippen molar-refractivity contribution in [2.24, 2.45) is 10.8 Å². The number of rotatable bonds is 6. The first-order valence-electron chi connectivity index (χ1n) is 8.94. The zero-order chi connectivity index (χ0) is 20.7. The van der Waals surface area contributed by atoms with E-state index < -0.39 is 17.8 Å². The van der Waals surface area contributed by atoms with E-state index in [1.165, 1.54) is 0 Å². The molecule has 150 valence electrons. The quantitative estimate of drug-likeness (QED) is 0.333. The minimum atomic E-state index is -0.749. The lowest BCUT2D eigenvalue weighted by atomic mass is 9.86. The summed E-state index contributed by atoms with van der Waals surface area (Å²) in [7, 11) is 0. The van der Waals surface area contributed by atoms with Gasteiger partial charge in [-0.2, -0.15) is 8.61 Å². The molecule has 1 rings (SSSR count). The first-order chi connectivity index (χ1) is 11.3. The Hall–Kier alpha value is -0.690. The molecule has 0 aliphatic carbocycles. The molecule has 0 atom stereocenters. The van der Waals surface area contributed by atoms with Gasteiger partial charge >= 0.3 is 17.8 Å². The summed E-state index contributed by atoms with van der Waals surface area (Å²) in [4.78, 5) is 37.6. The van der Waals surface area contributed by atoms with Gasteiger partial charge in [0, 0.05) is 9.49 Å². The molecule has 0 aromatic heterocycles. The molecule has 0 saturated carbocycles. The van der Waals surface area contributed by atoms with Crippen LogP contribution >= 0.6 is 23.9 Å². The van der Waals surface area contributed by atoms with Gasteiger partial charge in [-0.25, -0.2) is 4.79 Å². The smallest absolute Gasteiger partial charge is 0.262 e. The van der Waals surface area contributed by atoms with Gasteiger partial charge in [0.05, 0.1) is 0 Å². The maximum atomic E-state index is 12.8. The van der Waals surface area contributed by atoms with Crippen LogP contribution in [0.5, 0.6) is 0 Å². The topological polar surface area (TPSA) is 57.7 Å². The molecule has 0 aromatic rings. The molecule has 0 aromatic carbocycles. The number of imide groups is 2. The van der Waals surface area contributed by atoms with Gasteiger partial charge in [-0.3, -0.25) is 9.59 Å². The zero-order valence-electron chi connectivity index (χ0n) is 17.8. The summed E-state index contributed by atoms with van der Waals surface area (Å²) in [6, 6.07) is -0.543. The lowest BCUT2D eigenvalue weighted by Crippen LogP contribution is -2.35. The number of carbonyl (C=O) groups is 3. The van der Waals surface area contributed by atoms with Gasteiger partial charge in [-0.05, 0) is 75.3 Å². The minimum absolute atomic E-state index is 0.0511. The van der Waals surface area contributed by atoms with Gasteiger partial charge in [0.25, 0.3) is 0 Å². The largest absolute Gasteiger partial charge is 0.354 e. The highest BCUT2D eigenvalue weighted by Gasteiger charge is 2.50. The fraction of sp³-hybridized carbons (Fsp3) is 0.842. The van der Waals surface area contributed by atoms with Gasteiger partial charge in [0.15, 0.2) is 0 Å². The molecule has 0 spiro atoms. The lowest BCUT2D eigenvalue weighted by molar-refractivity contribution is -0.139. The number of hydrogen-bond donors (Lipinski definition) is 0. The molecule has 7 heteroatoms. The second-order valence-corrected chi connectivity index (χ2v) is 14.0. The molecule has 4 amide bonds. The standard InChI is InChI=1S/C19H34N2O3S2/c1-16(2,3)11-18(7,8)25-20-13(22)14(23)21(15(20)24)26-19(9,10)12-17(4,5)6/h11-12H2,1-10H3. The normalized spacial score (nSPS) is 17.5. The van der Waals surface area contributed by atoms with Crippen molar-refractivity contribution in [3.63, 3.8) is 0 Å². The Morgan fingerprint density at radius 2 is 0.885 bits per heavy atom. The monoisotopic (exact) mass is 402 g/mol. The molecule has 0 N–H and O–H groups in total. The van der Waals surface area contributed by atoms with Gasteiger partial charge in [-0.1, -0.05) is 41.5 Å². The van der Waals surface area contributed by atoms with Gasteiger partial charge < -0.3 is 0 Å². The molecule has 1 aliphatic rings. The molecule has 1 fully saturated rings. The van der Waals surface area contributed by atoms with Crippen molar-refractivity contribution in [1.82, 2.24) is 8.61 Å². The summed E-state index contributed by atoms with van der Waals surface area (Å²) in [6.07, 6.45) is 1.61. The van der Waals surface area contributed by atoms with Gasteiger partial charge in [-0.15, -0.1) is 0 Å². The van der Waals surface area contributed by atoms with Crippen molar-refractivity contribution < 1.29 is 14.4 Å². The van der Waals surface area contributed by atoms with Crippen molar-refractivity contribution in [2.45, 2.75) is 91.6 Å². The first-order valence-corrected chi connectivity index (χ1v) is 10.5. The summed E-state index contributed by atoms with van der Waals surface area (Å²) >= 11 is 2.32. The van der Waals surface area contributed by atoms with Crippen LogP contribution < -0.4 is 0 Å². The minimum Gasteiger partial charge on any atom is -0.262 e. The summed E-state index contributed by atoms with van der Waals surface area (Å²) in [6.45, 7) is 20.7. The SMILES string of the molecule is CC(C)(C)CC(C)(C)SN1C(=O)C(=O)N(SC(C)(C)CC(C)(C)C)C1=O. The highest BCUT2D eigenvalue weighted by molar-refractivity contribution is 8.01. The predicted molar refractivity (Wildman–Crippen MR) is 111 cm³/mol. The van der Waals surface area contributed by atoms with Crippen LogP contribution in [0.25, 0.3) is 0 Å². The Kier molecular flexibility index (Phi) is 6.63. The van der Waals surface area contributed by atoms with E-state index in [1.54, 1.807) is 0 Å². The Balaban J connectivity index is 2.94. The van der Waals surface area contributed by atoms with Crippen LogP contribution in [0.1, 0.15) is 82.1 Å². The van der Waals surface area contributed by atoms with Crippen LogP contribution in [-0.2, 0) is 9.59 Å². The van der Waals surface area contributed by atoms with Crippen molar-refractivity contribution in [1.29, 1.82) is 0 Å². The molecule has 1 aliphatic heterocycles. The molecule has 0 radical (unpaired) electrons. The van der Waals surface area contributed by atoms with E-state index in [9.17, 15) is 14.4 Å². The van der Waals surface area contributed by atoms with E-state index in [2.05, 4.69) is 41.5 Å². The fourth-order valence-corrected chi connectivity index (χ4v) is 6.38. The van der Waals surface area contributed by atoms with E-state index in [1.807, 2.05) is 27.7 Å². The van der Waals surface area contributed by atoms with E-state index in [0.29, 0.717) is 0 Å². The maximum absolute atomic E-state index is 12.8. The Morgan fingerprint density at radius 1 is 0.615 bits per heavy atom. The maximum Gasteiger partial charge on any atom is 0.354 e. The fourth-order valence-electron chi connectivity index (χ4n) is 3.70. The van der Waals surface area contributed by atoms with Crippen LogP contribution in [0, 0.1) is 10.8 Å². The van der Waals surface area contributed by atoms with Gasteiger partial charge in [0.1, 0.15) is 0 Å². The number of carbonyl (C=O) groups excluding carboxylic acids is 3. The lowest BCUT2D eigenvalue weighted by Gasteiger charge is -2.34. The van der Waals surface area contributed by atoms with E-state index >= 15 is 0 Å². The highest BCUT2D eigenvalue weighted by atomic mass is 32.2. The molecular weight excluding hydrogens is 368 g/mol. The third-order valence-electron chi connectivity index (χ3n) is 3.49. The summed E-state index contributed by atoms with van der Waals surface area (Å²) in [5, 5.41) is 0. The van der Waals surface area contributed by atoms with Crippen LogP contribution in [0.15, 0.2) is 0 Å². The number of hydrogen-bond acceptors (Lipinski definition) is 5. The Labute approximate surface area is 167 Å². The summed E-state index contributed by atoms with van der Waals surface area (Å²) < 4.78 is 1.39. The number of nitrogens with zero attached hydrogens (tertiary/aromatic N) is 2. The van der Waals surface area contributed by atoms with Crippen LogP contribution in [0.2, 0.25) is 0 Å². The molecule has 0 unspecified atom stereocenters. The first kappa shape index (κ1) is 23.3. The third kappa shape index (κ3) is 6.80. The molecule has 1 saturated heterocycles. The average Bonchev–Trinajstić information content (AvgIpc) is 2.50. The Bertz CT molecular complexity index is 537.